The zero-order valence-corrected chi connectivity index (χ0v) is 23.9. The Hall–Kier alpha value is -4.83. The van der Waals surface area contributed by atoms with Crippen LogP contribution in [0.4, 0.5) is 17.1 Å². The summed E-state index contributed by atoms with van der Waals surface area (Å²) in [6.45, 7) is 0. The average Bonchev–Trinajstić information content (AvgIpc) is 3.59. The molecule has 0 aliphatic carbocycles. The fraction of sp³-hybridized carbons (Fsp3) is 0. The molecule has 0 aliphatic heterocycles. The number of hydrogen-bond donors (Lipinski definition) is 0. The minimum absolute atomic E-state index is 0.702. The Labute approximate surface area is 250 Å². The largest absolute Gasteiger partial charge is 0.456 e. The molecule has 0 N–H and O–H groups in total. The number of para-hydroxylation sites is 1. The molecule has 0 fully saturated rings. The molecule has 0 unspecified atom stereocenters. The molecule has 9 aromatic rings. The van der Waals surface area contributed by atoms with Crippen LogP contribution >= 0.6 is 22.9 Å². The Morgan fingerprint density at radius 3 is 2.19 bits per heavy atom. The summed E-state index contributed by atoms with van der Waals surface area (Å²) >= 11 is 8.54. The molecule has 4 heteroatoms. The Bertz CT molecular complexity index is 2490. The Morgan fingerprint density at radius 2 is 1.29 bits per heavy atom. The molecular weight excluding hydrogens is 554 g/mol. The molecule has 9 rings (SSSR count). The van der Waals surface area contributed by atoms with Crippen LogP contribution in [0.5, 0.6) is 0 Å². The molecule has 0 saturated carbocycles. The molecule has 0 radical (unpaired) electrons. The summed E-state index contributed by atoms with van der Waals surface area (Å²) in [4.78, 5) is 2.38. The van der Waals surface area contributed by atoms with Gasteiger partial charge in [-0.1, -0.05) is 78.3 Å². The monoisotopic (exact) mass is 575 g/mol. The van der Waals surface area contributed by atoms with E-state index in [-0.39, 0.29) is 0 Å². The SMILES string of the molecule is Clc1cccc2oc3cc4c(N(c5ccccc5)c5ccc6sc7ccccc7c6c5)cc5ccccc5c4cc3c12. The van der Waals surface area contributed by atoms with Gasteiger partial charge in [0.05, 0.1) is 10.7 Å². The highest BCUT2D eigenvalue weighted by Crippen LogP contribution is 2.46. The van der Waals surface area contributed by atoms with Crippen molar-refractivity contribution >= 4 is 104 Å². The van der Waals surface area contributed by atoms with Gasteiger partial charge >= 0.3 is 0 Å². The molecule has 2 nitrogen and oxygen atoms in total. The number of halogens is 1. The highest BCUT2D eigenvalue weighted by molar-refractivity contribution is 7.25. The van der Waals surface area contributed by atoms with Gasteiger partial charge in [0.2, 0.25) is 0 Å². The van der Waals surface area contributed by atoms with Crippen molar-refractivity contribution in [2.45, 2.75) is 0 Å². The summed E-state index contributed by atoms with van der Waals surface area (Å²) < 4.78 is 8.99. The minimum Gasteiger partial charge on any atom is -0.456 e. The van der Waals surface area contributed by atoms with Gasteiger partial charge in [-0.15, -0.1) is 11.3 Å². The fourth-order valence-corrected chi connectivity index (χ4v) is 7.75. The number of benzene rings is 7. The molecule has 2 aromatic heterocycles. The summed E-state index contributed by atoms with van der Waals surface area (Å²) in [5.41, 5.74) is 4.94. The van der Waals surface area contributed by atoms with Gasteiger partial charge in [0.1, 0.15) is 11.2 Å². The van der Waals surface area contributed by atoms with E-state index in [1.54, 1.807) is 0 Å². The lowest BCUT2D eigenvalue weighted by atomic mass is 9.97. The van der Waals surface area contributed by atoms with Gasteiger partial charge in [0, 0.05) is 47.7 Å². The van der Waals surface area contributed by atoms with Gasteiger partial charge in [0.25, 0.3) is 0 Å². The molecule has 0 spiro atoms. The molecule has 0 amide bonds. The molecular formula is C38H22ClNOS. The first-order valence-electron chi connectivity index (χ1n) is 14.0. The Balaban J connectivity index is 1.40. The van der Waals surface area contributed by atoms with Gasteiger partial charge in [0.15, 0.2) is 0 Å². The van der Waals surface area contributed by atoms with Gasteiger partial charge < -0.3 is 9.32 Å². The fourth-order valence-electron chi connectivity index (χ4n) is 6.40. The zero-order chi connectivity index (χ0) is 27.8. The van der Waals surface area contributed by atoms with Gasteiger partial charge in [-0.05, 0) is 82.9 Å². The normalized spacial score (nSPS) is 11.9. The average molecular weight is 576 g/mol. The molecule has 198 valence electrons. The minimum atomic E-state index is 0.702. The summed E-state index contributed by atoms with van der Waals surface area (Å²) in [5, 5.41) is 9.92. The van der Waals surface area contributed by atoms with Crippen molar-refractivity contribution in [3.63, 3.8) is 0 Å². The number of hydrogen-bond acceptors (Lipinski definition) is 3. The van der Waals surface area contributed by atoms with E-state index in [9.17, 15) is 0 Å². The molecule has 2 heterocycles. The predicted octanol–water partition coefficient (Wildman–Crippen LogP) is 12.4. The van der Waals surface area contributed by atoms with E-state index in [0.717, 1.165) is 44.4 Å². The standard InChI is InChI=1S/C38H22ClNOS/c39-32-14-8-15-34-38(32)31-21-28-26-12-5-4-9-23(26)19-33(29(28)22-35(31)41-34)40(24-10-2-1-3-11-24)25-17-18-37-30(20-25)27-13-6-7-16-36(27)42-37/h1-22H. The van der Waals surface area contributed by atoms with E-state index in [2.05, 4.69) is 120 Å². The van der Waals surface area contributed by atoms with E-state index in [1.165, 1.54) is 36.3 Å². The van der Waals surface area contributed by atoms with Gasteiger partial charge in [-0.2, -0.15) is 0 Å². The van der Waals surface area contributed by atoms with Crippen LogP contribution in [0.2, 0.25) is 5.02 Å². The van der Waals surface area contributed by atoms with Crippen LogP contribution < -0.4 is 4.90 Å². The van der Waals surface area contributed by atoms with E-state index in [4.69, 9.17) is 16.0 Å². The zero-order valence-electron chi connectivity index (χ0n) is 22.3. The lowest BCUT2D eigenvalue weighted by molar-refractivity contribution is 0.669. The predicted molar refractivity (Wildman–Crippen MR) is 181 cm³/mol. The maximum atomic E-state index is 6.70. The maximum absolute atomic E-state index is 6.70. The van der Waals surface area contributed by atoms with Crippen LogP contribution in [0, 0.1) is 0 Å². The third-order valence-corrected chi connectivity index (χ3v) is 9.74. The van der Waals surface area contributed by atoms with Crippen LogP contribution in [0.3, 0.4) is 0 Å². The molecule has 0 saturated heterocycles. The Kier molecular flexibility index (Phi) is 5.16. The number of fused-ring (bicyclic) bond motifs is 9. The van der Waals surface area contributed by atoms with Gasteiger partial charge in [-0.25, -0.2) is 0 Å². The summed E-state index contributed by atoms with van der Waals surface area (Å²) in [6.07, 6.45) is 0. The van der Waals surface area contributed by atoms with Crippen LogP contribution in [0.15, 0.2) is 138 Å². The molecule has 0 atom stereocenters. The summed E-state index contributed by atoms with van der Waals surface area (Å²) in [5.74, 6) is 0. The second kappa shape index (κ2) is 9.09. The molecule has 0 aliphatic rings. The Morgan fingerprint density at radius 1 is 0.500 bits per heavy atom. The van der Waals surface area contributed by atoms with Crippen LogP contribution in [-0.2, 0) is 0 Å². The number of thiophene rings is 1. The van der Waals surface area contributed by atoms with Gasteiger partial charge in [-0.3, -0.25) is 0 Å². The van der Waals surface area contributed by atoms with E-state index < -0.39 is 0 Å². The highest BCUT2D eigenvalue weighted by Gasteiger charge is 2.20. The second-order valence-corrected chi connectivity index (χ2v) is 12.2. The van der Waals surface area contributed by atoms with Crippen molar-refractivity contribution in [3.05, 3.63) is 138 Å². The lowest BCUT2D eigenvalue weighted by Gasteiger charge is -2.27. The van der Waals surface area contributed by atoms with Crippen LogP contribution in [-0.4, -0.2) is 0 Å². The quantitative estimate of drug-likeness (QED) is 0.195. The molecule has 0 bridgehead atoms. The van der Waals surface area contributed by atoms with Crippen molar-refractivity contribution in [1.29, 1.82) is 0 Å². The third kappa shape index (κ3) is 3.51. The van der Waals surface area contributed by atoms with Crippen molar-refractivity contribution in [3.8, 4) is 0 Å². The van der Waals surface area contributed by atoms with E-state index in [0.29, 0.717) is 5.02 Å². The number of nitrogens with zero attached hydrogens (tertiary/aromatic N) is 1. The smallest absolute Gasteiger partial charge is 0.136 e. The topological polar surface area (TPSA) is 16.4 Å². The molecule has 42 heavy (non-hydrogen) atoms. The van der Waals surface area contributed by atoms with E-state index >= 15 is 0 Å². The second-order valence-electron chi connectivity index (χ2n) is 10.7. The first-order chi connectivity index (χ1) is 20.7. The number of furan rings is 1. The van der Waals surface area contributed by atoms with E-state index in [1.807, 2.05) is 29.5 Å². The van der Waals surface area contributed by atoms with Crippen molar-refractivity contribution < 1.29 is 4.42 Å². The first-order valence-corrected chi connectivity index (χ1v) is 15.2. The number of anilines is 3. The molecule has 7 aromatic carbocycles. The first kappa shape index (κ1) is 23.8. The van der Waals surface area contributed by atoms with Crippen LogP contribution in [0.1, 0.15) is 0 Å². The van der Waals surface area contributed by atoms with Crippen molar-refractivity contribution in [2.24, 2.45) is 0 Å². The third-order valence-electron chi connectivity index (χ3n) is 8.28. The highest BCUT2D eigenvalue weighted by atomic mass is 35.5. The maximum Gasteiger partial charge on any atom is 0.136 e. The van der Waals surface area contributed by atoms with Crippen LogP contribution in [0.25, 0.3) is 63.7 Å². The summed E-state index contributed by atoms with van der Waals surface area (Å²) in [6, 6.07) is 47.3. The summed E-state index contributed by atoms with van der Waals surface area (Å²) in [7, 11) is 0. The number of rotatable bonds is 3. The van der Waals surface area contributed by atoms with Crippen molar-refractivity contribution in [1.82, 2.24) is 0 Å². The van der Waals surface area contributed by atoms with Crippen molar-refractivity contribution in [2.75, 3.05) is 4.90 Å². The lowest BCUT2D eigenvalue weighted by Crippen LogP contribution is -2.10.